The average Bonchev–Trinajstić information content (AvgIpc) is 3.46. The molecule has 29 heavy (non-hydrogen) atoms. The van der Waals surface area contributed by atoms with Crippen LogP contribution in [-0.2, 0) is 4.74 Å². The van der Waals surface area contributed by atoms with Gasteiger partial charge < -0.3 is 10.1 Å². The Labute approximate surface area is 163 Å². The molecule has 0 radical (unpaired) electrons. The molecule has 4 rings (SSSR count). The SMILES string of the molecule is COC(=O)c1cc(F)c(F)cc1NC(=O)c1ccc(-c2cnn(C3CC3)c2)nn1. The van der Waals surface area contributed by atoms with Crippen molar-refractivity contribution in [1.82, 2.24) is 20.0 Å². The second-order valence-electron chi connectivity index (χ2n) is 6.50. The zero-order chi connectivity index (χ0) is 20.5. The van der Waals surface area contributed by atoms with Crippen LogP contribution < -0.4 is 5.32 Å². The summed E-state index contributed by atoms with van der Waals surface area (Å²) in [4.78, 5) is 24.2. The monoisotopic (exact) mass is 399 g/mol. The van der Waals surface area contributed by atoms with Crippen LogP contribution in [0.15, 0.2) is 36.7 Å². The molecular weight excluding hydrogens is 384 g/mol. The molecule has 2 heterocycles. The number of aromatic nitrogens is 4. The van der Waals surface area contributed by atoms with E-state index >= 15 is 0 Å². The van der Waals surface area contributed by atoms with Crippen LogP contribution in [0.25, 0.3) is 11.3 Å². The Morgan fingerprint density at radius 1 is 1.17 bits per heavy atom. The van der Waals surface area contributed by atoms with Crippen LogP contribution in [0.1, 0.15) is 39.7 Å². The Balaban J connectivity index is 1.54. The highest BCUT2D eigenvalue weighted by molar-refractivity contribution is 6.07. The molecule has 148 valence electrons. The van der Waals surface area contributed by atoms with Crippen LogP contribution >= 0.6 is 0 Å². The molecule has 8 nitrogen and oxygen atoms in total. The summed E-state index contributed by atoms with van der Waals surface area (Å²) >= 11 is 0. The highest BCUT2D eigenvalue weighted by Crippen LogP contribution is 2.34. The van der Waals surface area contributed by atoms with E-state index in [1.165, 1.54) is 6.07 Å². The molecule has 0 aliphatic heterocycles. The molecule has 1 aromatic carbocycles. The van der Waals surface area contributed by atoms with Crippen LogP contribution in [0.2, 0.25) is 0 Å². The van der Waals surface area contributed by atoms with Crippen molar-refractivity contribution in [3.8, 4) is 11.3 Å². The second kappa shape index (κ2) is 7.38. The molecule has 0 bridgehead atoms. The fourth-order valence-electron chi connectivity index (χ4n) is 2.73. The first-order valence-corrected chi connectivity index (χ1v) is 8.73. The maximum atomic E-state index is 13.6. The number of nitrogens with one attached hydrogen (secondary N) is 1. The van der Waals surface area contributed by atoms with Crippen LogP contribution in [-0.4, -0.2) is 39.0 Å². The lowest BCUT2D eigenvalue weighted by Crippen LogP contribution is -2.17. The van der Waals surface area contributed by atoms with Crippen LogP contribution in [0, 0.1) is 11.6 Å². The second-order valence-corrected chi connectivity index (χ2v) is 6.50. The van der Waals surface area contributed by atoms with E-state index in [1.807, 2.05) is 10.9 Å². The Morgan fingerprint density at radius 3 is 2.59 bits per heavy atom. The lowest BCUT2D eigenvalue weighted by molar-refractivity contribution is 0.0601. The number of hydrogen-bond acceptors (Lipinski definition) is 6. The van der Waals surface area contributed by atoms with Crippen LogP contribution in [0.5, 0.6) is 0 Å². The van der Waals surface area contributed by atoms with Crippen molar-refractivity contribution >= 4 is 17.6 Å². The van der Waals surface area contributed by atoms with Crippen molar-refractivity contribution in [3.05, 3.63) is 59.6 Å². The molecule has 0 saturated heterocycles. The van der Waals surface area contributed by atoms with E-state index in [1.54, 1.807) is 12.3 Å². The van der Waals surface area contributed by atoms with Gasteiger partial charge in [0.05, 0.1) is 36.3 Å². The van der Waals surface area contributed by atoms with E-state index < -0.39 is 23.5 Å². The van der Waals surface area contributed by atoms with Gasteiger partial charge in [-0.15, -0.1) is 10.2 Å². The molecular formula is C19H15F2N5O3. The fourth-order valence-corrected chi connectivity index (χ4v) is 2.73. The smallest absolute Gasteiger partial charge is 0.340 e. The normalized spacial score (nSPS) is 13.2. The van der Waals surface area contributed by atoms with Crippen molar-refractivity contribution in [2.75, 3.05) is 12.4 Å². The lowest BCUT2D eigenvalue weighted by atomic mass is 10.1. The summed E-state index contributed by atoms with van der Waals surface area (Å²) < 4.78 is 33.4. The van der Waals surface area contributed by atoms with Gasteiger partial charge in [0.1, 0.15) is 0 Å². The zero-order valence-corrected chi connectivity index (χ0v) is 15.2. The molecule has 3 aromatic rings. The summed E-state index contributed by atoms with van der Waals surface area (Å²) in [5, 5.41) is 14.5. The number of hydrogen-bond donors (Lipinski definition) is 1. The number of anilines is 1. The number of methoxy groups -OCH3 is 1. The van der Waals surface area contributed by atoms with E-state index in [0.29, 0.717) is 23.9 Å². The first kappa shape index (κ1) is 18.7. The van der Waals surface area contributed by atoms with Gasteiger partial charge in [0.25, 0.3) is 5.91 Å². The first-order valence-electron chi connectivity index (χ1n) is 8.73. The van der Waals surface area contributed by atoms with Crippen LogP contribution in [0.4, 0.5) is 14.5 Å². The quantitative estimate of drug-likeness (QED) is 0.662. The highest BCUT2D eigenvalue weighted by Gasteiger charge is 2.24. The number of benzene rings is 1. The number of carbonyl (C=O) groups excluding carboxylic acids is 2. The topological polar surface area (TPSA) is 99.0 Å². The fraction of sp³-hybridized carbons (Fsp3) is 0.211. The number of ether oxygens (including phenoxy) is 1. The number of esters is 1. The summed E-state index contributed by atoms with van der Waals surface area (Å²) in [5.74, 6) is -4.12. The van der Waals surface area contributed by atoms with Crippen molar-refractivity contribution in [2.24, 2.45) is 0 Å². The summed E-state index contributed by atoms with van der Waals surface area (Å²) in [6.45, 7) is 0. The molecule has 10 heteroatoms. The number of amides is 1. The maximum Gasteiger partial charge on any atom is 0.340 e. The van der Waals surface area contributed by atoms with Crippen molar-refractivity contribution in [1.29, 1.82) is 0 Å². The number of halogens is 2. The standard InChI is InChI=1S/C19H15F2N5O3/c1-29-19(28)12-6-13(20)14(21)7-17(12)23-18(27)16-5-4-15(24-25-16)10-8-22-26(9-10)11-2-3-11/h4-9,11H,2-3H2,1H3,(H,23,27). The maximum absolute atomic E-state index is 13.6. The van der Waals surface area contributed by atoms with E-state index in [9.17, 15) is 18.4 Å². The molecule has 1 aliphatic carbocycles. The number of carbonyl (C=O) groups is 2. The van der Waals surface area contributed by atoms with E-state index in [0.717, 1.165) is 25.5 Å². The van der Waals surface area contributed by atoms with E-state index in [4.69, 9.17) is 0 Å². The lowest BCUT2D eigenvalue weighted by Gasteiger charge is -2.10. The van der Waals surface area contributed by atoms with Crippen LogP contribution in [0.3, 0.4) is 0 Å². The number of rotatable bonds is 5. The minimum Gasteiger partial charge on any atom is -0.465 e. The number of nitrogens with zero attached hydrogens (tertiary/aromatic N) is 4. The molecule has 2 aromatic heterocycles. The molecule has 0 unspecified atom stereocenters. The summed E-state index contributed by atoms with van der Waals surface area (Å²) in [7, 11) is 1.09. The zero-order valence-electron chi connectivity index (χ0n) is 15.2. The van der Waals surface area contributed by atoms with Gasteiger partial charge in [-0.05, 0) is 31.0 Å². The molecule has 1 amide bonds. The Kier molecular flexibility index (Phi) is 4.75. The third-order valence-electron chi connectivity index (χ3n) is 4.43. The van der Waals surface area contributed by atoms with Crippen molar-refractivity contribution < 1.29 is 23.1 Å². The van der Waals surface area contributed by atoms with E-state index in [2.05, 4.69) is 25.3 Å². The minimum absolute atomic E-state index is 0.0658. The average molecular weight is 399 g/mol. The Morgan fingerprint density at radius 2 is 1.93 bits per heavy atom. The summed E-state index contributed by atoms with van der Waals surface area (Å²) in [5.41, 5.74) is 0.680. The first-order chi connectivity index (χ1) is 14.0. The van der Waals surface area contributed by atoms with Crippen molar-refractivity contribution in [2.45, 2.75) is 18.9 Å². The van der Waals surface area contributed by atoms with Crippen molar-refractivity contribution in [3.63, 3.8) is 0 Å². The van der Waals surface area contributed by atoms with Gasteiger partial charge in [-0.2, -0.15) is 5.10 Å². The third kappa shape index (κ3) is 3.82. The van der Waals surface area contributed by atoms with Gasteiger partial charge in [-0.3, -0.25) is 9.48 Å². The van der Waals surface area contributed by atoms with Gasteiger partial charge in [-0.1, -0.05) is 0 Å². The molecule has 1 aliphatic rings. The molecule has 0 spiro atoms. The largest absolute Gasteiger partial charge is 0.465 e. The van der Waals surface area contributed by atoms with Gasteiger partial charge in [-0.25, -0.2) is 13.6 Å². The Hall–Kier alpha value is -3.69. The highest BCUT2D eigenvalue weighted by atomic mass is 19.2. The van der Waals surface area contributed by atoms with Gasteiger partial charge in [0.2, 0.25) is 0 Å². The van der Waals surface area contributed by atoms with Gasteiger partial charge in [0, 0.05) is 17.8 Å². The molecule has 1 saturated carbocycles. The minimum atomic E-state index is -1.24. The molecule has 0 atom stereocenters. The predicted octanol–water partition coefficient (Wildman–Crippen LogP) is 2.99. The Bertz CT molecular complexity index is 1090. The summed E-state index contributed by atoms with van der Waals surface area (Å²) in [6, 6.07) is 4.82. The molecule has 1 fully saturated rings. The predicted molar refractivity (Wildman–Crippen MR) is 97.2 cm³/mol. The van der Waals surface area contributed by atoms with Gasteiger partial charge >= 0.3 is 5.97 Å². The third-order valence-corrected chi connectivity index (χ3v) is 4.43. The van der Waals surface area contributed by atoms with Gasteiger partial charge in [0.15, 0.2) is 17.3 Å². The summed E-state index contributed by atoms with van der Waals surface area (Å²) in [6.07, 6.45) is 5.74. The molecule has 1 N–H and O–H groups in total. The van der Waals surface area contributed by atoms with E-state index in [-0.39, 0.29) is 16.9 Å².